The lowest BCUT2D eigenvalue weighted by Crippen LogP contribution is -2.18. The number of esters is 1. The van der Waals surface area contributed by atoms with Crippen LogP contribution in [0.1, 0.15) is 25.6 Å². The van der Waals surface area contributed by atoms with Gasteiger partial charge in [-0.25, -0.2) is 18.6 Å². The maximum Gasteiger partial charge on any atom is 0.355 e. The van der Waals surface area contributed by atoms with Crippen LogP contribution < -0.4 is 14.9 Å². The monoisotopic (exact) mass is 589 g/mol. The molecule has 40 heavy (non-hydrogen) atoms. The van der Waals surface area contributed by atoms with Gasteiger partial charge in [0.05, 0.1) is 16.1 Å². The maximum absolute atomic E-state index is 12.9. The van der Waals surface area contributed by atoms with Crippen LogP contribution in [0.5, 0.6) is 5.75 Å². The number of amides is 1. The van der Waals surface area contributed by atoms with E-state index in [2.05, 4.69) is 15.2 Å². The van der Waals surface area contributed by atoms with Gasteiger partial charge in [-0.15, -0.1) is 11.3 Å². The first kappa shape index (κ1) is 27.1. The molecule has 1 heterocycles. The highest BCUT2D eigenvalue weighted by atomic mass is 35.5. The Morgan fingerprint density at radius 1 is 0.850 bits per heavy atom. The first-order valence-corrected chi connectivity index (χ1v) is 14.5. The normalized spacial score (nSPS) is 11.4. The van der Waals surface area contributed by atoms with Gasteiger partial charge < -0.3 is 4.74 Å². The Morgan fingerprint density at radius 3 is 2.27 bits per heavy atom. The summed E-state index contributed by atoms with van der Waals surface area (Å²) in [5, 5.41) is 5.10. The molecule has 0 saturated heterocycles. The van der Waals surface area contributed by atoms with Gasteiger partial charge in [-0.2, -0.15) is 5.10 Å². The predicted molar refractivity (Wildman–Crippen MR) is 157 cm³/mol. The third-order valence-corrected chi connectivity index (χ3v) is 8.72. The summed E-state index contributed by atoms with van der Waals surface area (Å²) in [6, 6.07) is 28.0. The molecule has 0 radical (unpaired) electrons. The number of thiophene rings is 1. The summed E-state index contributed by atoms with van der Waals surface area (Å²) in [5.74, 6) is -0.867. The number of halogens is 1. The molecule has 11 heteroatoms. The van der Waals surface area contributed by atoms with Gasteiger partial charge in [-0.3, -0.25) is 9.52 Å². The van der Waals surface area contributed by atoms with Crippen molar-refractivity contribution >= 4 is 66.8 Å². The first-order valence-electron chi connectivity index (χ1n) is 11.8. The van der Waals surface area contributed by atoms with Crippen LogP contribution in [0, 0.1) is 0 Å². The smallest absolute Gasteiger partial charge is 0.355 e. The maximum atomic E-state index is 12.9. The molecule has 2 N–H and O–H groups in total. The highest BCUT2D eigenvalue weighted by Gasteiger charge is 2.20. The number of sulfonamides is 1. The summed E-state index contributed by atoms with van der Waals surface area (Å²) in [7, 11) is -3.75. The molecule has 5 aromatic rings. The molecule has 0 aliphatic rings. The number of hydrazone groups is 1. The van der Waals surface area contributed by atoms with Crippen molar-refractivity contribution in [1.82, 2.24) is 5.43 Å². The van der Waals surface area contributed by atoms with Crippen LogP contribution in [0.2, 0.25) is 5.02 Å². The third kappa shape index (κ3) is 6.04. The number of fused-ring (bicyclic) bond motifs is 1. The number of rotatable bonds is 8. The topological polar surface area (TPSA) is 114 Å². The zero-order valence-corrected chi connectivity index (χ0v) is 23.0. The standard InChI is InChI=1S/C29H20ClN3O5S2/c30-26-23-11-5-7-13-25(23)39-27(26)29(35)38-24-12-6-4-8-20(24)18-31-32-28(34)19-14-16-21(17-15-19)33-40(36,37)22-9-2-1-3-10-22/h1-18,33H,(H,32,34)/b31-18+. The van der Waals surface area contributed by atoms with Crippen molar-refractivity contribution < 1.29 is 22.7 Å². The quantitative estimate of drug-likeness (QED) is 0.0949. The van der Waals surface area contributed by atoms with Gasteiger partial charge in [-0.05, 0) is 54.6 Å². The van der Waals surface area contributed by atoms with E-state index >= 15 is 0 Å². The number of hydrogen-bond donors (Lipinski definition) is 2. The number of benzene rings is 4. The van der Waals surface area contributed by atoms with Crippen molar-refractivity contribution in [3.05, 3.63) is 124 Å². The largest absolute Gasteiger partial charge is 0.422 e. The van der Waals surface area contributed by atoms with Crippen LogP contribution in [0.3, 0.4) is 0 Å². The highest BCUT2D eigenvalue weighted by molar-refractivity contribution is 7.92. The SMILES string of the molecule is O=C(N/N=C/c1ccccc1OC(=O)c1sc2ccccc2c1Cl)c1ccc(NS(=O)(=O)c2ccccc2)cc1. The Labute approximate surface area is 238 Å². The van der Waals surface area contributed by atoms with Crippen LogP contribution >= 0.6 is 22.9 Å². The lowest BCUT2D eigenvalue weighted by Gasteiger charge is -2.08. The molecule has 0 spiro atoms. The van der Waals surface area contributed by atoms with Gasteiger partial charge in [-0.1, -0.05) is 60.1 Å². The fraction of sp³-hybridized carbons (Fsp3) is 0. The molecule has 1 aromatic heterocycles. The van der Waals surface area contributed by atoms with Crippen LogP contribution in [0.25, 0.3) is 10.1 Å². The fourth-order valence-corrected chi connectivity index (χ4v) is 6.16. The minimum absolute atomic E-state index is 0.129. The Kier molecular flexibility index (Phi) is 7.92. The molecule has 0 aliphatic heterocycles. The summed E-state index contributed by atoms with van der Waals surface area (Å²) in [6.45, 7) is 0. The molecule has 5 rings (SSSR count). The molecule has 1 amide bonds. The molecular weight excluding hydrogens is 570 g/mol. The van der Waals surface area contributed by atoms with Crippen LogP contribution in [0.15, 0.2) is 113 Å². The van der Waals surface area contributed by atoms with Crippen molar-refractivity contribution in [3.8, 4) is 5.75 Å². The lowest BCUT2D eigenvalue weighted by molar-refractivity contribution is 0.0739. The molecule has 4 aromatic carbocycles. The minimum Gasteiger partial charge on any atom is -0.422 e. The summed E-state index contributed by atoms with van der Waals surface area (Å²) in [4.78, 5) is 25.8. The molecule has 0 fully saturated rings. The van der Waals surface area contributed by atoms with Crippen LogP contribution in [0.4, 0.5) is 5.69 Å². The van der Waals surface area contributed by atoms with Gasteiger partial charge in [0.2, 0.25) is 0 Å². The minimum atomic E-state index is -3.75. The van der Waals surface area contributed by atoms with Crippen molar-refractivity contribution in [2.75, 3.05) is 4.72 Å². The summed E-state index contributed by atoms with van der Waals surface area (Å²) >= 11 is 7.65. The molecule has 8 nitrogen and oxygen atoms in total. The number of hydrogen-bond acceptors (Lipinski definition) is 7. The summed E-state index contributed by atoms with van der Waals surface area (Å²) < 4.78 is 33.9. The molecule has 200 valence electrons. The Morgan fingerprint density at radius 2 is 1.52 bits per heavy atom. The van der Waals surface area contributed by atoms with E-state index in [0.717, 1.165) is 10.1 Å². The van der Waals surface area contributed by atoms with Gasteiger partial charge >= 0.3 is 5.97 Å². The van der Waals surface area contributed by atoms with Crippen molar-refractivity contribution in [2.45, 2.75) is 4.90 Å². The number of nitrogens with zero attached hydrogens (tertiary/aromatic N) is 1. The van der Waals surface area contributed by atoms with Crippen LogP contribution in [-0.2, 0) is 10.0 Å². The van der Waals surface area contributed by atoms with Gasteiger partial charge in [0.25, 0.3) is 15.9 Å². The number of carbonyl (C=O) groups excluding carboxylic acids is 2. The van der Waals surface area contributed by atoms with Crippen molar-refractivity contribution in [3.63, 3.8) is 0 Å². The van der Waals surface area contributed by atoms with E-state index in [1.165, 1.54) is 53.9 Å². The van der Waals surface area contributed by atoms with E-state index in [4.69, 9.17) is 16.3 Å². The highest BCUT2D eigenvalue weighted by Crippen LogP contribution is 2.36. The average molecular weight is 590 g/mol. The first-order chi connectivity index (χ1) is 19.3. The van der Waals surface area contributed by atoms with E-state index < -0.39 is 21.9 Å². The van der Waals surface area contributed by atoms with Crippen molar-refractivity contribution in [2.24, 2.45) is 5.10 Å². The number of carbonyl (C=O) groups is 2. The molecule has 0 bridgehead atoms. The third-order valence-electron chi connectivity index (χ3n) is 5.66. The van der Waals surface area contributed by atoms with Crippen LogP contribution in [-0.4, -0.2) is 26.5 Å². The van der Waals surface area contributed by atoms with E-state index in [9.17, 15) is 18.0 Å². The molecule has 0 unspecified atom stereocenters. The van der Waals surface area contributed by atoms with E-state index in [1.54, 1.807) is 42.5 Å². The molecular formula is C29H20ClN3O5S2. The Hall–Kier alpha value is -4.51. The number of nitrogens with one attached hydrogen (secondary N) is 2. The zero-order valence-electron chi connectivity index (χ0n) is 20.6. The second-order valence-corrected chi connectivity index (χ2v) is 11.5. The van der Waals surface area contributed by atoms with Gasteiger partial charge in [0.15, 0.2) is 0 Å². The number of para-hydroxylation sites is 1. The summed E-state index contributed by atoms with van der Waals surface area (Å²) in [5.41, 5.74) is 3.44. The van der Waals surface area contributed by atoms with E-state index in [1.807, 2.05) is 24.3 Å². The number of anilines is 1. The van der Waals surface area contributed by atoms with Gasteiger partial charge in [0, 0.05) is 26.9 Å². The molecule has 0 atom stereocenters. The number of ether oxygens (including phenoxy) is 1. The van der Waals surface area contributed by atoms with Gasteiger partial charge in [0.1, 0.15) is 10.6 Å². The fourth-order valence-electron chi connectivity index (χ4n) is 3.70. The molecule has 0 saturated carbocycles. The van der Waals surface area contributed by atoms with E-state index in [0.29, 0.717) is 16.3 Å². The van der Waals surface area contributed by atoms with Crippen molar-refractivity contribution in [1.29, 1.82) is 0 Å². The zero-order chi connectivity index (χ0) is 28.1. The average Bonchev–Trinajstić information content (AvgIpc) is 3.31. The van der Waals surface area contributed by atoms with E-state index in [-0.39, 0.29) is 21.1 Å². The molecule has 0 aliphatic carbocycles. The Bertz CT molecular complexity index is 1840. The predicted octanol–water partition coefficient (Wildman–Crippen LogP) is 6.34. The summed E-state index contributed by atoms with van der Waals surface area (Å²) in [6.07, 6.45) is 1.36. The lowest BCUT2D eigenvalue weighted by atomic mass is 10.2. The second-order valence-electron chi connectivity index (χ2n) is 8.36. The Balaban J connectivity index is 1.23. The second kappa shape index (κ2) is 11.7.